The lowest BCUT2D eigenvalue weighted by atomic mass is 9.99. The first kappa shape index (κ1) is 20.5. The number of aliphatic imine (C=N–C) groups is 1. The fourth-order valence-electron chi connectivity index (χ4n) is 3.35. The molecule has 142 valence electrons. The Hall–Kier alpha value is -1.84. The number of guanidine groups is 1. The number of hydrogen-bond donors (Lipinski definition) is 2. The molecule has 0 amide bonds. The van der Waals surface area contributed by atoms with Crippen molar-refractivity contribution in [3.63, 3.8) is 0 Å². The number of aromatic nitrogens is 2. The number of esters is 1. The van der Waals surface area contributed by atoms with Crippen LogP contribution >= 0.6 is 24.0 Å². The number of ether oxygens (including phenoxy) is 1. The maximum atomic E-state index is 11.8. The number of halogens is 1. The van der Waals surface area contributed by atoms with Crippen molar-refractivity contribution in [3.8, 4) is 0 Å². The van der Waals surface area contributed by atoms with Gasteiger partial charge >= 0.3 is 5.97 Å². The zero-order valence-electron chi connectivity index (χ0n) is 15.4. The summed E-state index contributed by atoms with van der Waals surface area (Å²) in [4.78, 5) is 26.2. The van der Waals surface area contributed by atoms with Gasteiger partial charge in [-0.2, -0.15) is 0 Å². The number of carbonyl (C=O) groups excluding carboxylic acids is 1. The molecule has 7 nitrogen and oxygen atoms in total. The number of nitrogens with one attached hydrogen (secondary N) is 2. The van der Waals surface area contributed by atoms with E-state index in [-0.39, 0.29) is 41.8 Å². The van der Waals surface area contributed by atoms with Gasteiger partial charge in [0.05, 0.1) is 24.1 Å². The van der Waals surface area contributed by atoms with Crippen molar-refractivity contribution >= 4 is 46.9 Å². The lowest BCUT2D eigenvalue weighted by Crippen LogP contribution is -2.41. The number of para-hydroxylation sites is 2. The second-order valence-electron chi connectivity index (χ2n) is 6.44. The first-order valence-corrected chi connectivity index (χ1v) is 8.59. The first-order chi connectivity index (χ1) is 12.1. The molecule has 1 aliphatic heterocycles. The Kier molecular flexibility index (Phi) is 7.24. The van der Waals surface area contributed by atoms with Crippen molar-refractivity contribution in [2.24, 2.45) is 16.8 Å². The van der Waals surface area contributed by atoms with Crippen LogP contribution in [0.5, 0.6) is 0 Å². The molecule has 0 radical (unpaired) electrons. The molecule has 2 unspecified atom stereocenters. The number of benzene rings is 1. The minimum atomic E-state index is -0.146. The van der Waals surface area contributed by atoms with Gasteiger partial charge in [-0.25, -0.2) is 4.98 Å². The minimum absolute atomic E-state index is 0. The predicted octanol–water partition coefficient (Wildman–Crippen LogP) is 2.04. The van der Waals surface area contributed by atoms with Crippen LogP contribution in [0.3, 0.4) is 0 Å². The van der Waals surface area contributed by atoms with Crippen LogP contribution in [0.2, 0.25) is 0 Å². The van der Waals surface area contributed by atoms with Gasteiger partial charge in [-0.05, 0) is 18.1 Å². The van der Waals surface area contributed by atoms with Gasteiger partial charge in [0.1, 0.15) is 5.82 Å². The fourth-order valence-corrected chi connectivity index (χ4v) is 3.35. The lowest BCUT2D eigenvalue weighted by Gasteiger charge is -2.21. The third-order valence-corrected chi connectivity index (χ3v) is 4.71. The summed E-state index contributed by atoms with van der Waals surface area (Å²) in [6.45, 7) is 4.23. The summed E-state index contributed by atoms with van der Waals surface area (Å²) in [5, 5.41) is 3.37. The topological polar surface area (TPSA) is 82.6 Å². The Morgan fingerprint density at radius 2 is 2.19 bits per heavy atom. The number of methoxy groups -OCH3 is 1. The van der Waals surface area contributed by atoms with Crippen LogP contribution in [0.15, 0.2) is 29.3 Å². The first-order valence-electron chi connectivity index (χ1n) is 8.59. The van der Waals surface area contributed by atoms with E-state index in [0.29, 0.717) is 6.54 Å². The summed E-state index contributed by atoms with van der Waals surface area (Å²) in [5.41, 5.74) is 2.03. The Bertz CT molecular complexity index is 743. The second-order valence-corrected chi connectivity index (χ2v) is 6.44. The average molecular weight is 471 g/mol. The van der Waals surface area contributed by atoms with Crippen LogP contribution in [-0.2, 0) is 16.0 Å². The third kappa shape index (κ3) is 4.46. The molecule has 1 aromatic heterocycles. The molecule has 8 heteroatoms. The Balaban J connectivity index is 0.00000243. The molecule has 1 aliphatic rings. The predicted molar refractivity (Wildman–Crippen MR) is 113 cm³/mol. The largest absolute Gasteiger partial charge is 0.469 e. The molecule has 0 bridgehead atoms. The summed E-state index contributed by atoms with van der Waals surface area (Å²) in [7, 11) is 3.21. The zero-order chi connectivity index (χ0) is 17.8. The van der Waals surface area contributed by atoms with Crippen molar-refractivity contribution in [2.75, 3.05) is 33.8 Å². The molecule has 0 spiro atoms. The van der Waals surface area contributed by atoms with Gasteiger partial charge in [-0.1, -0.05) is 19.1 Å². The molecule has 2 heterocycles. The smallest absolute Gasteiger partial charge is 0.310 e. The molecule has 1 saturated heterocycles. The number of nitrogens with zero attached hydrogens (tertiary/aromatic N) is 3. The van der Waals surface area contributed by atoms with Gasteiger partial charge in [-0.3, -0.25) is 9.79 Å². The van der Waals surface area contributed by atoms with Crippen LogP contribution in [0.25, 0.3) is 11.0 Å². The van der Waals surface area contributed by atoms with Crippen LogP contribution in [0.4, 0.5) is 0 Å². The Labute approximate surface area is 170 Å². The molecule has 0 aliphatic carbocycles. The Morgan fingerprint density at radius 1 is 1.42 bits per heavy atom. The molecule has 1 fully saturated rings. The van der Waals surface area contributed by atoms with E-state index < -0.39 is 0 Å². The van der Waals surface area contributed by atoms with Gasteiger partial charge in [-0.15, -0.1) is 24.0 Å². The number of H-pyrrole nitrogens is 1. The van der Waals surface area contributed by atoms with E-state index >= 15 is 0 Å². The van der Waals surface area contributed by atoms with E-state index in [9.17, 15) is 4.79 Å². The number of fused-ring (bicyclic) bond motifs is 1. The minimum Gasteiger partial charge on any atom is -0.469 e. The van der Waals surface area contributed by atoms with Gasteiger partial charge in [0, 0.05) is 33.1 Å². The molecular weight excluding hydrogens is 445 g/mol. The Morgan fingerprint density at radius 3 is 2.88 bits per heavy atom. The SMILES string of the molecule is CN=C(NCCc1nc2ccccc2[nH]1)N1CC(C)C(C(=O)OC)C1.I. The number of carbonyl (C=O) groups is 1. The van der Waals surface area contributed by atoms with E-state index in [1.807, 2.05) is 24.3 Å². The molecular formula is C18H26IN5O2. The number of aromatic amines is 1. The van der Waals surface area contributed by atoms with Crippen LogP contribution in [0, 0.1) is 11.8 Å². The fraction of sp³-hybridized carbons (Fsp3) is 0.500. The van der Waals surface area contributed by atoms with E-state index in [2.05, 4.69) is 32.1 Å². The van der Waals surface area contributed by atoms with Crippen molar-refractivity contribution in [2.45, 2.75) is 13.3 Å². The van der Waals surface area contributed by atoms with Crippen LogP contribution in [0.1, 0.15) is 12.7 Å². The highest BCUT2D eigenvalue weighted by molar-refractivity contribution is 14.0. The van der Waals surface area contributed by atoms with Crippen LogP contribution < -0.4 is 5.32 Å². The van der Waals surface area contributed by atoms with E-state index in [4.69, 9.17) is 4.74 Å². The van der Waals surface area contributed by atoms with Crippen LogP contribution in [-0.4, -0.2) is 60.6 Å². The zero-order valence-corrected chi connectivity index (χ0v) is 17.7. The maximum Gasteiger partial charge on any atom is 0.310 e. The van der Waals surface area contributed by atoms with Crippen molar-refractivity contribution < 1.29 is 9.53 Å². The molecule has 2 aromatic rings. The quantitative estimate of drug-likeness (QED) is 0.309. The van der Waals surface area contributed by atoms with Gasteiger partial charge in [0.25, 0.3) is 0 Å². The maximum absolute atomic E-state index is 11.8. The standard InChI is InChI=1S/C18H25N5O2.HI/c1-12-10-23(11-13(12)17(24)25-3)18(19-2)20-9-8-16-21-14-6-4-5-7-15(14)22-16;/h4-7,12-13H,8-11H2,1-3H3,(H,19,20)(H,21,22);1H. The van der Waals surface area contributed by atoms with E-state index in [1.165, 1.54) is 7.11 Å². The molecule has 1 aromatic carbocycles. The van der Waals surface area contributed by atoms with E-state index in [1.54, 1.807) is 7.05 Å². The molecule has 2 atom stereocenters. The van der Waals surface area contributed by atoms with Gasteiger partial charge in [0.2, 0.25) is 0 Å². The van der Waals surface area contributed by atoms with Crippen molar-refractivity contribution in [1.29, 1.82) is 0 Å². The third-order valence-electron chi connectivity index (χ3n) is 4.71. The highest BCUT2D eigenvalue weighted by Crippen LogP contribution is 2.24. The van der Waals surface area contributed by atoms with E-state index in [0.717, 1.165) is 42.3 Å². The highest BCUT2D eigenvalue weighted by Gasteiger charge is 2.36. The summed E-state index contributed by atoms with van der Waals surface area (Å²) in [6.07, 6.45) is 0.775. The van der Waals surface area contributed by atoms with Gasteiger partial charge in [0.15, 0.2) is 5.96 Å². The summed E-state index contributed by atoms with van der Waals surface area (Å²) < 4.78 is 4.90. The van der Waals surface area contributed by atoms with Gasteiger partial charge < -0.3 is 19.9 Å². The number of hydrogen-bond acceptors (Lipinski definition) is 4. The molecule has 2 N–H and O–H groups in total. The number of likely N-dealkylation sites (tertiary alicyclic amines) is 1. The highest BCUT2D eigenvalue weighted by atomic mass is 127. The summed E-state index contributed by atoms with van der Waals surface area (Å²) in [5.74, 6) is 1.77. The van der Waals surface area contributed by atoms with Crippen molar-refractivity contribution in [3.05, 3.63) is 30.1 Å². The number of imidazole rings is 1. The summed E-state index contributed by atoms with van der Waals surface area (Å²) >= 11 is 0. The normalized spacial score (nSPS) is 20.1. The lowest BCUT2D eigenvalue weighted by molar-refractivity contribution is -0.145. The molecule has 0 saturated carbocycles. The summed E-state index contributed by atoms with van der Waals surface area (Å²) in [6, 6.07) is 8.01. The average Bonchev–Trinajstić information content (AvgIpc) is 3.21. The molecule has 26 heavy (non-hydrogen) atoms. The van der Waals surface area contributed by atoms with Crippen molar-refractivity contribution in [1.82, 2.24) is 20.2 Å². The molecule has 3 rings (SSSR count). The monoisotopic (exact) mass is 471 g/mol. The number of rotatable bonds is 4. The second kappa shape index (κ2) is 9.20.